The highest BCUT2D eigenvalue weighted by molar-refractivity contribution is 7.16. The zero-order chi connectivity index (χ0) is 25.2. The summed E-state index contributed by atoms with van der Waals surface area (Å²) in [4.78, 5) is 37.0. The third kappa shape index (κ3) is 5.55. The van der Waals surface area contributed by atoms with Crippen molar-refractivity contribution in [3.63, 3.8) is 0 Å². The van der Waals surface area contributed by atoms with Gasteiger partial charge in [-0.25, -0.2) is 28.1 Å². The van der Waals surface area contributed by atoms with Crippen LogP contribution in [0.2, 0.25) is 0 Å². The van der Waals surface area contributed by atoms with E-state index in [4.69, 9.17) is 4.98 Å². The van der Waals surface area contributed by atoms with Crippen molar-refractivity contribution in [2.75, 3.05) is 25.0 Å². The molecule has 36 heavy (non-hydrogen) atoms. The molecule has 0 spiro atoms. The summed E-state index contributed by atoms with van der Waals surface area (Å²) in [5.41, 5.74) is 1.04. The number of anilines is 1. The van der Waals surface area contributed by atoms with Gasteiger partial charge in [-0.3, -0.25) is 4.79 Å². The Morgan fingerprint density at radius 3 is 2.72 bits per heavy atom. The molecule has 1 saturated carbocycles. The lowest BCUT2D eigenvalue weighted by atomic mass is 10.0. The fourth-order valence-electron chi connectivity index (χ4n) is 4.32. The van der Waals surface area contributed by atoms with Gasteiger partial charge in [0, 0.05) is 42.8 Å². The molecule has 1 aliphatic carbocycles. The number of amides is 2. The number of carbonyl (C=O) groups excluding carboxylic acids is 2. The minimum absolute atomic E-state index is 0.228. The smallest absolute Gasteiger partial charge is 0.407 e. The van der Waals surface area contributed by atoms with E-state index in [2.05, 4.69) is 32.4 Å². The highest BCUT2D eigenvalue weighted by Gasteiger charge is 2.30. The van der Waals surface area contributed by atoms with E-state index in [1.807, 2.05) is 11.6 Å². The third-order valence-electron chi connectivity index (χ3n) is 6.47. The lowest BCUT2D eigenvalue weighted by Crippen LogP contribution is -2.47. The van der Waals surface area contributed by atoms with Crippen LogP contribution in [0.3, 0.4) is 0 Å². The summed E-state index contributed by atoms with van der Waals surface area (Å²) in [7, 11) is 0. The highest BCUT2D eigenvalue weighted by Crippen LogP contribution is 2.34. The van der Waals surface area contributed by atoms with Crippen molar-refractivity contribution < 1.29 is 23.1 Å². The van der Waals surface area contributed by atoms with E-state index in [-0.39, 0.29) is 23.7 Å². The SMILES string of the molecule is C[C@@H](Nc1cc(C(=O)N2CCC(NC(=O)OCC(F)F)CC2)nc(-c2cnn3ccsc23)n1)C1CC1. The van der Waals surface area contributed by atoms with Gasteiger partial charge in [0.1, 0.15) is 16.3 Å². The van der Waals surface area contributed by atoms with Crippen LogP contribution in [0.5, 0.6) is 0 Å². The van der Waals surface area contributed by atoms with E-state index in [1.54, 1.807) is 21.7 Å². The maximum atomic E-state index is 13.4. The Labute approximate surface area is 210 Å². The average molecular weight is 520 g/mol. The van der Waals surface area contributed by atoms with Crippen molar-refractivity contribution in [3.8, 4) is 11.4 Å². The summed E-state index contributed by atoms with van der Waals surface area (Å²) < 4.78 is 30.7. The van der Waals surface area contributed by atoms with Crippen molar-refractivity contribution in [3.05, 3.63) is 29.5 Å². The molecule has 4 heterocycles. The normalized spacial score (nSPS) is 17.4. The molecule has 10 nitrogen and oxygen atoms in total. The molecule has 2 N–H and O–H groups in total. The van der Waals surface area contributed by atoms with Gasteiger partial charge in [0.25, 0.3) is 12.3 Å². The van der Waals surface area contributed by atoms with Crippen LogP contribution in [0.25, 0.3) is 16.2 Å². The fraction of sp³-hybridized carbons (Fsp3) is 0.522. The van der Waals surface area contributed by atoms with Gasteiger partial charge in [0.2, 0.25) is 0 Å². The number of rotatable bonds is 8. The van der Waals surface area contributed by atoms with Crippen LogP contribution in [0, 0.1) is 5.92 Å². The van der Waals surface area contributed by atoms with Crippen molar-refractivity contribution >= 4 is 34.0 Å². The van der Waals surface area contributed by atoms with Crippen LogP contribution in [-0.2, 0) is 4.74 Å². The highest BCUT2D eigenvalue weighted by atomic mass is 32.1. The van der Waals surface area contributed by atoms with Crippen LogP contribution < -0.4 is 10.6 Å². The van der Waals surface area contributed by atoms with E-state index in [9.17, 15) is 18.4 Å². The maximum Gasteiger partial charge on any atom is 0.407 e. The lowest BCUT2D eigenvalue weighted by Gasteiger charge is -2.32. The average Bonchev–Trinajstić information content (AvgIpc) is 3.49. The van der Waals surface area contributed by atoms with E-state index in [0.717, 1.165) is 10.4 Å². The molecular weight excluding hydrogens is 492 g/mol. The van der Waals surface area contributed by atoms with Crippen LogP contribution in [0.4, 0.5) is 19.4 Å². The first kappa shape index (κ1) is 24.3. The Bertz CT molecular complexity index is 1240. The van der Waals surface area contributed by atoms with Gasteiger partial charge in [0.05, 0.1) is 11.8 Å². The molecule has 1 aliphatic heterocycles. The number of likely N-dealkylation sites (tertiary alicyclic amines) is 1. The molecule has 1 saturated heterocycles. The summed E-state index contributed by atoms with van der Waals surface area (Å²) in [6, 6.07) is 1.67. The number of nitrogens with zero attached hydrogens (tertiary/aromatic N) is 5. The van der Waals surface area contributed by atoms with Crippen molar-refractivity contribution in [1.82, 2.24) is 29.8 Å². The molecule has 3 aromatic heterocycles. The van der Waals surface area contributed by atoms with Crippen LogP contribution in [0.1, 0.15) is 43.1 Å². The topological polar surface area (TPSA) is 114 Å². The molecule has 13 heteroatoms. The van der Waals surface area contributed by atoms with Crippen LogP contribution >= 0.6 is 11.3 Å². The summed E-state index contributed by atoms with van der Waals surface area (Å²) >= 11 is 1.52. The number of nitrogens with one attached hydrogen (secondary N) is 2. The number of alkyl carbamates (subject to hydrolysis) is 1. The zero-order valence-electron chi connectivity index (χ0n) is 19.7. The Balaban J connectivity index is 1.30. The van der Waals surface area contributed by atoms with Gasteiger partial charge < -0.3 is 20.3 Å². The van der Waals surface area contributed by atoms with E-state index in [0.29, 0.717) is 43.5 Å². The van der Waals surface area contributed by atoms with Gasteiger partial charge in [0.15, 0.2) is 12.4 Å². The second-order valence-electron chi connectivity index (χ2n) is 9.14. The Morgan fingerprint density at radius 1 is 1.22 bits per heavy atom. The van der Waals surface area contributed by atoms with E-state index < -0.39 is 19.1 Å². The lowest BCUT2D eigenvalue weighted by molar-refractivity contribution is 0.0456. The van der Waals surface area contributed by atoms with Crippen molar-refractivity contribution in [2.45, 2.75) is 51.1 Å². The molecule has 192 valence electrons. The van der Waals surface area contributed by atoms with Crippen molar-refractivity contribution in [2.24, 2.45) is 5.92 Å². The standard InChI is InChI=1S/C23H27F2N7O3S/c1-13(14-2-3-14)27-19-10-17(29-20(30-19)16-11-26-32-8-9-36-22(16)32)21(33)31-6-4-15(5-7-31)28-23(34)35-12-18(24)25/h8-11,13-15,18H,2-7,12H2,1H3,(H,28,34)(H,27,29,30)/t13-/m1/s1. The largest absolute Gasteiger partial charge is 0.443 e. The zero-order valence-corrected chi connectivity index (χ0v) is 20.5. The number of thiazole rings is 1. The predicted molar refractivity (Wildman–Crippen MR) is 129 cm³/mol. The maximum absolute atomic E-state index is 13.4. The minimum Gasteiger partial charge on any atom is -0.443 e. The van der Waals surface area contributed by atoms with Crippen molar-refractivity contribution in [1.29, 1.82) is 0 Å². The molecule has 0 radical (unpaired) electrons. The molecule has 0 unspecified atom stereocenters. The number of alkyl halides is 2. The first-order chi connectivity index (χ1) is 17.4. The van der Waals surface area contributed by atoms with Crippen LogP contribution in [-0.4, -0.2) is 74.7 Å². The first-order valence-electron chi connectivity index (χ1n) is 11.9. The number of halogens is 2. The molecule has 3 aromatic rings. The summed E-state index contributed by atoms with van der Waals surface area (Å²) in [6.45, 7) is 1.96. The predicted octanol–water partition coefficient (Wildman–Crippen LogP) is 3.66. The number of hydrogen-bond acceptors (Lipinski definition) is 8. The van der Waals surface area contributed by atoms with Crippen LogP contribution in [0.15, 0.2) is 23.8 Å². The minimum atomic E-state index is -2.71. The molecule has 0 aromatic carbocycles. The molecule has 0 bridgehead atoms. The van der Waals surface area contributed by atoms with Gasteiger partial charge >= 0.3 is 6.09 Å². The molecule has 1 atom stereocenters. The molecule has 5 rings (SSSR count). The number of fused-ring (bicyclic) bond motifs is 1. The second-order valence-corrected chi connectivity index (χ2v) is 10.0. The van der Waals surface area contributed by atoms with E-state index in [1.165, 1.54) is 24.2 Å². The third-order valence-corrected chi connectivity index (χ3v) is 7.35. The van der Waals surface area contributed by atoms with Gasteiger partial charge in [-0.2, -0.15) is 5.10 Å². The van der Waals surface area contributed by atoms with Gasteiger partial charge in [-0.1, -0.05) is 0 Å². The van der Waals surface area contributed by atoms with Gasteiger partial charge in [-0.05, 0) is 38.5 Å². The fourth-order valence-corrected chi connectivity index (χ4v) is 5.11. The number of carbonyl (C=O) groups is 2. The van der Waals surface area contributed by atoms with E-state index >= 15 is 0 Å². The number of ether oxygens (including phenoxy) is 1. The first-order valence-corrected chi connectivity index (χ1v) is 12.8. The quantitative estimate of drug-likeness (QED) is 0.467. The molecule has 2 aliphatic rings. The Kier molecular flexibility index (Phi) is 6.99. The summed E-state index contributed by atoms with van der Waals surface area (Å²) in [5, 5.41) is 12.3. The number of piperidine rings is 1. The monoisotopic (exact) mass is 519 g/mol. The summed E-state index contributed by atoms with van der Waals surface area (Å²) in [5.74, 6) is 1.40. The second kappa shape index (κ2) is 10.3. The molecule has 2 amide bonds. The number of hydrogen-bond donors (Lipinski definition) is 2. The Morgan fingerprint density at radius 2 is 2.00 bits per heavy atom. The molecular formula is C23H27F2N7O3S. The summed E-state index contributed by atoms with van der Waals surface area (Å²) in [6.07, 6.45) is 3.29. The molecule has 2 fully saturated rings. The Hall–Kier alpha value is -3.35. The number of aromatic nitrogens is 4. The van der Waals surface area contributed by atoms with Gasteiger partial charge in [-0.15, -0.1) is 11.3 Å².